The fourth-order valence-electron chi connectivity index (χ4n) is 2.68. The van der Waals surface area contributed by atoms with Crippen LogP contribution >= 0.6 is 0 Å². The molecule has 0 saturated heterocycles. The summed E-state index contributed by atoms with van der Waals surface area (Å²) in [6, 6.07) is 15.5. The lowest BCUT2D eigenvalue weighted by atomic mass is 10.0. The van der Waals surface area contributed by atoms with Crippen LogP contribution in [0.1, 0.15) is 54.6 Å². The molecule has 2 aromatic carbocycles. The third-order valence-corrected chi connectivity index (χ3v) is 4.72. The molecule has 2 aromatic rings. The van der Waals surface area contributed by atoms with Gasteiger partial charge in [0.1, 0.15) is 12.6 Å². The maximum atomic E-state index is 12.5. The smallest absolute Gasteiger partial charge is 0.408 e. The van der Waals surface area contributed by atoms with Crippen LogP contribution in [0.15, 0.2) is 54.6 Å². The van der Waals surface area contributed by atoms with Crippen molar-refractivity contribution in [2.45, 2.75) is 58.8 Å². The molecule has 0 aliphatic carbocycles. The molecule has 0 spiro atoms. The number of nitrogens with one attached hydrogen (secondary N) is 1. The predicted octanol–water partition coefficient (Wildman–Crippen LogP) is 4.59. The molecule has 1 amide bonds. The Morgan fingerprint density at radius 2 is 1.67 bits per heavy atom. The number of benzene rings is 2. The number of Topliss-reactive ketones (excluding diaryl/α,β-unsaturated/α-hetero) is 1. The highest BCUT2D eigenvalue weighted by Gasteiger charge is 2.25. The summed E-state index contributed by atoms with van der Waals surface area (Å²) < 4.78 is 10.6. The normalized spacial score (nSPS) is 12.5. The zero-order valence-electron chi connectivity index (χ0n) is 17.7. The maximum absolute atomic E-state index is 12.5. The Morgan fingerprint density at radius 1 is 1.00 bits per heavy atom. The number of carbonyl (C=O) groups is 3. The summed E-state index contributed by atoms with van der Waals surface area (Å²) in [7, 11) is 0. The number of aryl methyl sites for hydroxylation is 1. The van der Waals surface area contributed by atoms with Gasteiger partial charge in [-0.2, -0.15) is 0 Å². The summed E-state index contributed by atoms with van der Waals surface area (Å²) in [6.07, 6.45) is -0.133. The first kappa shape index (κ1) is 23.1. The molecule has 6 nitrogen and oxygen atoms in total. The number of ketones is 1. The molecule has 0 radical (unpaired) electrons. The SMILES string of the molecule is CCC(C)OC(=O)C(CCC(=O)c1ccc(C)cc1)NC(=O)OCc1ccccc1. The number of carbonyl (C=O) groups excluding carboxylic acids is 3. The van der Waals surface area contributed by atoms with E-state index < -0.39 is 18.1 Å². The first-order valence-electron chi connectivity index (χ1n) is 10.2. The van der Waals surface area contributed by atoms with Crippen LogP contribution in [0.4, 0.5) is 4.79 Å². The van der Waals surface area contributed by atoms with Crippen molar-refractivity contribution in [3.05, 3.63) is 71.3 Å². The third-order valence-electron chi connectivity index (χ3n) is 4.72. The predicted molar refractivity (Wildman–Crippen MR) is 114 cm³/mol. The van der Waals surface area contributed by atoms with E-state index in [0.717, 1.165) is 11.1 Å². The minimum absolute atomic E-state index is 0.0854. The van der Waals surface area contributed by atoms with E-state index in [2.05, 4.69) is 5.32 Å². The summed E-state index contributed by atoms with van der Waals surface area (Å²) >= 11 is 0. The van der Waals surface area contributed by atoms with Crippen LogP contribution in [-0.2, 0) is 20.9 Å². The monoisotopic (exact) mass is 411 g/mol. The molecule has 0 heterocycles. The highest BCUT2D eigenvalue weighted by molar-refractivity contribution is 5.96. The number of alkyl carbamates (subject to hydrolysis) is 1. The molecular weight excluding hydrogens is 382 g/mol. The topological polar surface area (TPSA) is 81.7 Å². The number of ether oxygens (including phenoxy) is 2. The highest BCUT2D eigenvalue weighted by atomic mass is 16.6. The van der Waals surface area contributed by atoms with Crippen molar-refractivity contribution in [3.63, 3.8) is 0 Å². The lowest BCUT2D eigenvalue weighted by Gasteiger charge is -2.20. The Hall–Kier alpha value is -3.15. The maximum Gasteiger partial charge on any atom is 0.408 e. The summed E-state index contributed by atoms with van der Waals surface area (Å²) in [6.45, 7) is 5.71. The van der Waals surface area contributed by atoms with Crippen LogP contribution in [0.2, 0.25) is 0 Å². The summed E-state index contributed by atoms with van der Waals surface area (Å²) in [4.78, 5) is 37.2. The Bertz CT molecular complexity index is 832. The van der Waals surface area contributed by atoms with Gasteiger partial charge in [0, 0.05) is 12.0 Å². The summed E-state index contributed by atoms with van der Waals surface area (Å²) in [5, 5.41) is 2.54. The molecular formula is C24H29NO5. The van der Waals surface area contributed by atoms with Gasteiger partial charge in [-0.05, 0) is 32.3 Å². The van der Waals surface area contributed by atoms with Gasteiger partial charge in [0.25, 0.3) is 0 Å². The second kappa shape index (κ2) is 11.8. The number of rotatable bonds is 10. The number of amides is 1. The molecule has 160 valence electrons. The second-order valence-electron chi connectivity index (χ2n) is 7.24. The minimum Gasteiger partial charge on any atom is -0.461 e. The number of hydrogen-bond donors (Lipinski definition) is 1. The highest BCUT2D eigenvalue weighted by Crippen LogP contribution is 2.11. The lowest BCUT2D eigenvalue weighted by molar-refractivity contribution is -0.151. The van der Waals surface area contributed by atoms with Gasteiger partial charge in [-0.1, -0.05) is 67.1 Å². The van der Waals surface area contributed by atoms with Crippen molar-refractivity contribution in [1.29, 1.82) is 0 Å². The van der Waals surface area contributed by atoms with Crippen molar-refractivity contribution >= 4 is 17.8 Å². The van der Waals surface area contributed by atoms with Gasteiger partial charge in [0.05, 0.1) is 6.10 Å². The van der Waals surface area contributed by atoms with Crippen LogP contribution < -0.4 is 5.32 Å². The molecule has 0 aromatic heterocycles. The third kappa shape index (κ3) is 7.70. The minimum atomic E-state index is -0.961. The van der Waals surface area contributed by atoms with Crippen LogP contribution in [0, 0.1) is 6.92 Å². The van der Waals surface area contributed by atoms with Crippen LogP contribution in [0.3, 0.4) is 0 Å². The van der Waals surface area contributed by atoms with Gasteiger partial charge in [0.2, 0.25) is 0 Å². The van der Waals surface area contributed by atoms with Crippen LogP contribution in [0.5, 0.6) is 0 Å². The molecule has 6 heteroatoms. The van der Waals surface area contributed by atoms with E-state index in [-0.39, 0.29) is 31.3 Å². The zero-order valence-corrected chi connectivity index (χ0v) is 17.7. The van der Waals surface area contributed by atoms with Gasteiger partial charge in [-0.25, -0.2) is 9.59 Å². The molecule has 2 atom stereocenters. The largest absolute Gasteiger partial charge is 0.461 e. The standard InChI is InChI=1S/C24H29NO5/c1-4-18(3)30-23(27)21(14-15-22(26)20-12-10-17(2)11-13-20)25-24(28)29-16-19-8-6-5-7-9-19/h5-13,18,21H,4,14-16H2,1-3H3,(H,25,28). The average Bonchev–Trinajstić information content (AvgIpc) is 2.75. The Kier molecular flexibility index (Phi) is 9.06. The van der Waals surface area contributed by atoms with Crippen molar-refractivity contribution in [2.75, 3.05) is 0 Å². The molecule has 1 N–H and O–H groups in total. The summed E-state index contributed by atoms with van der Waals surface area (Å²) in [5.74, 6) is -0.673. The van der Waals surface area contributed by atoms with E-state index >= 15 is 0 Å². The molecule has 0 aliphatic rings. The molecule has 0 fully saturated rings. The average molecular weight is 411 g/mol. The van der Waals surface area contributed by atoms with Crippen LogP contribution in [0.25, 0.3) is 0 Å². The number of hydrogen-bond acceptors (Lipinski definition) is 5. The Balaban J connectivity index is 1.96. The van der Waals surface area contributed by atoms with Crippen LogP contribution in [-0.4, -0.2) is 30.0 Å². The van der Waals surface area contributed by atoms with Gasteiger partial charge in [-0.15, -0.1) is 0 Å². The van der Waals surface area contributed by atoms with Gasteiger partial charge >= 0.3 is 12.1 Å². The van der Waals surface area contributed by atoms with E-state index in [1.54, 1.807) is 19.1 Å². The summed E-state index contributed by atoms with van der Waals surface area (Å²) in [5.41, 5.74) is 2.46. The van der Waals surface area contributed by atoms with E-state index in [4.69, 9.17) is 9.47 Å². The fourth-order valence-corrected chi connectivity index (χ4v) is 2.68. The zero-order chi connectivity index (χ0) is 21.9. The quantitative estimate of drug-likeness (QED) is 0.457. The van der Waals surface area contributed by atoms with Gasteiger partial charge in [0.15, 0.2) is 5.78 Å². The fraction of sp³-hybridized carbons (Fsp3) is 0.375. The van der Waals surface area contributed by atoms with E-state index in [9.17, 15) is 14.4 Å². The van der Waals surface area contributed by atoms with Crippen molar-refractivity contribution in [1.82, 2.24) is 5.32 Å². The Labute approximate surface area is 177 Å². The second-order valence-corrected chi connectivity index (χ2v) is 7.24. The van der Waals surface area contributed by atoms with Crippen molar-refractivity contribution in [3.8, 4) is 0 Å². The van der Waals surface area contributed by atoms with Crippen molar-refractivity contribution in [2.24, 2.45) is 0 Å². The Morgan fingerprint density at radius 3 is 2.30 bits per heavy atom. The first-order valence-corrected chi connectivity index (χ1v) is 10.2. The first-order chi connectivity index (χ1) is 14.4. The van der Waals surface area contributed by atoms with Gasteiger partial charge < -0.3 is 14.8 Å². The van der Waals surface area contributed by atoms with Crippen molar-refractivity contribution < 1.29 is 23.9 Å². The van der Waals surface area contributed by atoms with Gasteiger partial charge in [-0.3, -0.25) is 4.79 Å². The molecule has 30 heavy (non-hydrogen) atoms. The van der Waals surface area contributed by atoms with E-state index in [0.29, 0.717) is 12.0 Å². The molecule has 0 saturated carbocycles. The molecule has 2 unspecified atom stereocenters. The van der Waals surface area contributed by atoms with E-state index in [1.165, 1.54) is 0 Å². The van der Waals surface area contributed by atoms with E-state index in [1.807, 2.05) is 56.3 Å². The number of esters is 1. The molecule has 0 bridgehead atoms. The lowest BCUT2D eigenvalue weighted by Crippen LogP contribution is -2.43. The molecule has 0 aliphatic heterocycles. The molecule has 2 rings (SSSR count).